The molecular weight excluding hydrogens is 284 g/mol. The van der Waals surface area contributed by atoms with Crippen LogP contribution in [0.1, 0.15) is 24.8 Å². The quantitative estimate of drug-likeness (QED) is 0.569. The van der Waals surface area contributed by atoms with Crippen molar-refractivity contribution in [1.82, 2.24) is 10.6 Å². The van der Waals surface area contributed by atoms with Crippen molar-refractivity contribution < 1.29 is 9.47 Å². The first kappa shape index (κ1) is 16.2. The van der Waals surface area contributed by atoms with Crippen LogP contribution in [0, 0.1) is 0 Å². The molecule has 1 fully saturated rings. The molecule has 0 bridgehead atoms. The zero-order valence-corrected chi connectivity index (χ0v) is 13.2. The van der Waals surface area contributed by atoms with Crippen LogP contribution >= 0.6 is 12.2 Å². The molecule has 116 valence electrons. The van der Waals surface area contributed by atoms with Gasteiger partial charge in [-0.2, -0.15) is 0 Å². The van der Waals surface area contributed by atoms with Gasteiger partial charge in [-0.15, -0.1) is 0 Å². The first-order chi connectivity index (χ1) is 10.3. The van der Waals surface area contributed by atoms with Crippen LogP contribution in [-0.4, -0.2) is 37.6 Å². The molecule has 0 saturated carbocycles. The topological polar surface area (TPSA) is 42.5 Å². The molecule has 0 aromatic heterocycles. The zero-order valence-electron chi connectivity index (χ0n) is 12.3. The van der Waals surface area contributed by atoms with Crippen molar-refractivity contribution in [1.29, 1.82) is 0 Å². The van der Waals surface area contributed by atoms with Gasteiger partial charge in [0.2, 0.25) is 0 Å². The summed E-state index contributed by atoms with van der Waals surface area (Å²) in [5.41, 5.74) is 1.22. The number of ether oxygens (including phenoxy) is 2. The Hall–Kier alpha value is -1.17. The van der Waals surface area contributed by atoms with Crippen LogP contribution in [0.4, 0.5) is 0 Å². The summed E-state index contributed by atoms with van der Waals surface area (Å²) >= 11 is 5.24. The number of hydrogen-bond acceptors (Lipinski definition) is 3. The molecule has 0 aliphatic carbocycles. The van der Waals surface area contributed by atoms with Crippen LogP contribution in [0.15, 0.2) is 30.3 Å². The number of hydrogen-bond donors (Lipinski definition) is 2. The van der Waals surface area contributed by atoms with E-state index in [-0.39, 0.29) is 0 Å². The highest BCUT2D eigenvalue weighted by Crippen LogP contribution is 2.11. The van der Waals surface area contributed by atoms with Crippen LogP contribution in [-0.2, 0) is 16.0 Å². The molecular formula is C16H24N2O2S. The molecule has 0 unspecified atom stereocenters. The Balaban J connectivity index is 1.44. The van der Waals surface area contributed by atoms with E-state index in [0.717, 1.165) is 52.2 Å². The van der Waals surface area contributed by atoms with Gasteiger partial charge in [0.15, 0.2) is 5.11 Å². The average Bonchev–Trinajstić information content (AvgIpc) is 3.03. The lowest BCUT2D eigenvalue weighted by atomic mass is 10.2. The maximum absolute atomic E-state index is 5.60. The van der Waals surface area contributed by atoms with Gasteiger partial charge in [0, 0.05) is 26.3 Å². The predicted octanol–water partition coefficient (Wildman–Crippen LogP) is 2.24. The Kier molecular flexibility index (Phi) is 7.49. The van der Waals surface area contributed by atoms with Gasteiger partial charge in [0.1, 0.15) is 0 Å². The first-order valence-electron chi connectivity index (χ1n) is 7.59. The van der Waals surface area contributed by atoms with Gasteiger partial charge in [-0.25, -0.2) is 0 Å². The minimum Gasteiger partial charge on any atom is -0.379 e. The summed E-state index contributed by atoms with van der Waals surface area (Å²) in [5, 5.41) is 7.08. The van der Waals surface area contributed by atoms with Gasteiger partial charge >= 0.3 is 0 Å². The summed E-state index contributed by atoms with van der Waals surface area (Å²) in [6.07, 6.45) is 3.55. The molecule has 1 aromatic rings. The van der Waals surface area contributed by atoms with Crippen LogP contribution in [0.25, 0.3) is 0 Å². The van der Waals surface area contributed by atoms with Crippen molar-refractivity contribution >= 4 is 17.3 Å². The minimum atomic E-state index is 0.312. The highest BCUT2D eigenvalue weighted by atomic mass is 32.1. The fraction of sp³-hybridized carbons (Fsp3) is 0.562. The summed E-state index contributed by atoms with van der Waals surface area (Å²) in [6, 6.07) is 10.2. The summed E-state index contributed by atoms with van der Waals surface area (Å²) in [7, 11) is 0. The van der Waals surface area contributed by atoms with Gasteiger partial charge in [0.05, 0.1) is 12.7 Å². The molecule has 4 nitrogen and oxygen atoms in total. The Morgan fingerprint density at radius 3 is 2.90 bits per heavy atom. The average molecular weight is 308 g/mol. The second kappa shape index (κ2) is 9.71. The summed E-state index contributed by atoms with van der Waals surface area (Å²) in [5.74, 6) is 0. The highest BCUT2D eigenvalue weighted by molar-refractivity contribution is 7.80. The Bertz CT molecular complexity index is 408. The van der Waals surface area contributed by atoms with E-state index in [1.807, 2.05) is 18.2 Å². The van der Waals surface area contributed by atoms with Crippen molar-refractivity contribution in [3.8, 4) is 0 Å². The largest absolute Gasteiger partial charge is 0.379 e. The summed E-state index contributed by atoms with van der Waals surface area (Å²) in [4.78, 5) is 0. The van der Waals surface area contributed by atoms with E-state index in [0.29, 0.717) is 11.2 Å². The molecule has 5 heteroatoms. The fourth-order valence-electron chi connectivity index (χ4n) is 2.21. The van der Waals surface area contributed by atoms with Crippen LogP contribution in [0.3, 0.4) is 0 Å². The second-order valence-corrected chi connectivity index (χ2v) is 5.57. The zero-order chi connectivity index (χ0) is 14.8. The van der Waals surface area contributed by atoms with Gasteiger partial charge < -0.3 is 20.1 Å². The highest BCUT2D eigenvalue weighted by Gasteiger charge is 2.14. The minimum absolute atomic E-state index is 0.312. The van der Waals surface area contributed by atoms with Crippen molar-refractivity contribution in [3.05, 3.63) is 35.9 Å². The second-order valence-electron chi connectivity index (χ2n) is 5.16. The van der Waals surface area contributed by atoms with E-state index >= 15 is 0 Å². The van der Waals surface area contributed by atoms with Crippen molar-refractivity contribution in [2.45, 2.75) is 31.9 Å². The smallest absolute Gasteiger partial charge is 0.166 e. The number of benzene rings is 1. The molecule has 1 aliphatic rings. The lowest BCUT2D eigenvalue weighted by Crippen LogP contribution is -2.35. The van der Waals surface area contributed by atoms with E-state index in [1.165, 1.54) is 5.56 Å². The van der Waals surface area contributed by atoms with E-state index in [1.54, 1.807) is 0 Å². The summed E-state index contributed by atoms with van der Waals surface area (Å²) < 4.78 is 11.1. The first-order valence-corrected chi connectivity index (χ1v) is 8.00. The molecule has 21 heavy (non-hydrogen) atoms. The van der Waals surface area contributed by atoms with Crippen LogP contribution in [0.2, 0.25) is 0 Å². The molecule has 1 saturated heterocycles. The molecule has 0 spiro atoms. The number of rotatable bonds is 8. The van der Waals surface area contributed by atoms with E-state index in [4.69, 9.17) is 21.7 Å². The SMILES string of the molecule is S=C(NCCCOC[C@H]1CCCO1)NCc1ccccc1. The molecule has 1 atom stereocenters. The Morgan fingerprint density at radius 1 is 1.29 bits per heavy atom. The molecule has 1 heterocycles. The standard InChI is InChI=1S/C16H24N2O2S/c21-16(18-12-14-6-2-1-3-7-14)17-9-5-10-19-13-15-8-4-11-20-15/h1-3,6-7,15H,4-5,8-13H2,(H2,17,18,21)/t15-/m1/s1. The van der Waals surface area contributed by atoms with Crippen molar-refractivity contribution in [2.24, 2.45) is 0 Å². The maximum atomic E-state index is 5.60. The third-order valence-electron chi connectivity index (χ3n) is 3.37. The normalized spacial score (nSPS) is 17.6. The monoisotopic (exact) mass is 308 g/mol. The van der Waals surface area contributed by atoms with Crippen molar-refractivity contribution in [3.63, 3.8) is 0 Å². The van der Waals surface area contributed by atoms with Gasteiger partial charge in [-0.1, -0.05) is 30.3 Å². The Morgan fingerprint density at radius 2 is 2.14 bits per heavy atom. The molecule has 1 aromatic carbocycles. The fourth-order valence-corrected chi connectivity index (χ4v) is 2.38. The molecule has 2 rings (SSSR count). The van der Waals surface area contributed by atoms with Gasteiger partial charge in [-0.05, 0) is 37.0 Å². The predicted molar refractivity (Wildman–Crippen MR) is 88.3 cm³/mol. The third kappa shape index (κ3) is 6.89. The van der Waals surface area contributed by atoms with E-state index in [2.05, 4.69) is 22.8 Å². The molecule has 0 amide bonds. The third-order valence-corrected chi connectivity index (χ3v) is 3.66. The van der Waals surface area contributed by atoms with Gasteiger partial charge in [-0.3, -0.25) is 0 Å². The number of nitrogens with one attached hydrogen (secondary N) is 2. The van der Waals surface area contributed by atoms with E-state index < -0.39 is 0 Å². The molecule has 2 N–H and O–H groups in total. The van der Waals surface area contributed by atoms with Crippen LogP contribution in [0.5, 0.6) is 0 Å². The lowest BCUT2D eigenvalue weighted by Gasteiger charge is -2.12. The van der Waals surface area contributed by atoms with Crippen molar-refractivity contribution in [2.75, 3.05) is 26.4 Å². The van der Waals surface area contributed by atoms with Crippen LogP contribution < -0.4 is 10.6 Å². The van der Waals surface area contributed by atoms with E-state index in [9.17, 15) is 0 Å². The Labute approximate surface area is 132 Å². The maximum Gasteiger partial charge on any atom is 0.166 e. The van der Waals surface area contributed by atoms with Gasteiger partial charge in [0.25, 0.3) is 0 Å². The summed E-state index contributed by atoms with van der Waals surface area (Å²) in [6.45, 7) is 3.93. The molecule has 0 radical (unpaired) electrons. The number of thiocarbonyl (C=S) groups is 1. The molecule has 1 aliphatic heterocycles. The lowest BCUT2D eigenvalue weighted by molar-refractivity contribution is 0.0168.